The van der Waals surface area contributed by atoms with E-state index in [1.54, 1.807) is 4.68 Å². The second-order valence-electron chi connectivity index (χ2n) is 7.03. The fourth-order valence-corrected chi connectivity index (χ4v) is 3.54. The Morgan fingerprint density at radius 2 is 1.92 bits per heavy atom. The molecule has 3 rings (SSSR count). The molecule has 26 heavy (non-hydrogen) atoms. The van der Waals surface area contributed by atoms with E-state index in [1.807, 2.05) is 6.92 Å². The summed E-state index contributed by atoms with van der Waals surface area (Å²) in [6, 6.07) is 3.17. The van der Waals surface area contributed by atoms with E-state index in [4.69, 9.17) is 4.74 Å². The van der Waals surface area contributed by atoms with Crippen molar-refractivity contribution in [3.8, 4) is 5.88 Å². The first-order valence-electron chi connectivity index (χ1n) is 9.40. The van der Waals surface area contributed by atoms with E-state index in [2.05, 4.69) is 5.10 Å². The van der Waals surface area contributed by atoms with Gasteiger partial charge in [-0.25, -0.2) is 13.5 Å². The van der Waals surface area contributed by atoms with Crippen LogP contribution in [0.1, 0.15) is 56.7 Å². The minimum absolute atomic E-state index is 0.0303. The summed E-state index contributed by atoms with van der Waals surface area (Å²) in [4.78, 5) is 0. The average molecular weight is 366 g/mol. The zero-order valence-electron chi connectivity index (χ0n) is 15.1. The predicted octanol–water partition coefficient (Wildman–Crippen LogP) is 5.41. The fourth-order valence-electron chi connectivity index (χ4n) is 3.54. The largest absolute Gasteiger partial charge is 0.471 e. The maximum atomic E-state index is 14.7. The Balaban J connectivity index is 1.80. The Morgan fingerprint density at radius 3 is 2.65 bits per heavy atom. The van der Waals surface area contributed by atoms with Gasteiger partial charge in [0.25, 0.3) is 0 Å². The van der Waals surface area contributed by atoms with Crippen molar-refractivity contribution in [1.82, 2.24) is 9.78 Å². The van der Waals surface area contributed by atoms with E-state index in [-0.39, 0.29) is 18.1 Å². The molecule has 0 spiro atoms. The SMILES string of the molecule is CCCc1nn(CC2CCCCC2)c(OCc2cc(F)ccc2F)c1F. The van der Waals surface area contributed by atoms with Crippen LogP contribution in [0.3, 0.4) is 0 Å². The Labute approximate surface area is 152 Å². The van der Waals surface area contributed by atoms with E-state index in [1.165, 1.54) is 19.3 Å². The molecule has 0 N–H and O–H groups in total. The van der Waals surface area contributed by atoms with Gasteiger partial charge in [-0.3, -0.25) is 0 Å². The number of benzene rings is 1. The molecule has 1 aromatic heterocycles. The highest BCUT2D eigenvalue weighted by atomic mass is 19.1. The molecule has 3 nitrogen and oxygen atoms in total. The number of aryl methyl sites for hydroxylation is 1. The van der Waals surface area contributed by atoms with Crippen molar-refractivity contribution >= 4 is 0 Å². The molecule has 1 aromatic carbocycles. The van der Waals surface area contributed by atoms with Gasteiger partial charge in [0.1, 0.15) is 23.9 Å². The lowest BCUT2D eigenvalue weighted by Crippen LogP contribution is -2.16. The predicted molar refractivity (Wildman–Crippen MR) is 93.4 cm³/mol. The van der Waals surface area contributed by atoms with Crippen LogP contribution in [-0.2, 0) is 19.6 Å². The molecule has 1 saturated carbocycles. The second-order valence-corrected chi connectivity index (χ2v) is 7.03. The third-order valence-corrected chi connectivity index (χ3v) is 4.93. The van der Waals surface area contributed by atoms with Crippen LogP contribution >= 0.6 is 0 Å². The number of ether oxygens (including phenoxy) is 1. The van der Waals surface area contributed by atoms with Gasteiger partial charge in [0.15, 0.2) is 0 Å². The van der Waals surface area contributed by atoms with Crippen LogP contribution < -0.4 is 4.74 Å². The summed E-state index contributed by atoms with van der Waals surface area (Å²) < 4.78 is 49.0. The maximum absolute atomic E-state index is 14.7. The van der Waals surface area contributed by atoms with Crippen molar-refractivity contribution in [3.05, 3.63) is 46.9 Å². The van der Waals surface area contributed by atoms with Gasteiger partial charge in [-0.2, -0.15) is 9.49 Å². The van der Waals surface area contributed by atoms with E-state index in [0.29, 0.717) is 24.6 Å². The highest BCUT2D eigenvalue weighted by molar-refractivity contribution is 5.22. The molecular weight excluding hydrogens is 341 g/mol. The van der Waals surface area contributed by atoms with Gasteiger partial charge in [-0.15, -0.1) is 0 Å². The van der Waals surface area contributed by atoms with Crippen LogP contribution in [-0.4, -0.2) is 9.78 Å². The van der Waals surface area contributed by atoms with E-state index >= 15 is 0 Å². The Hall–Kier alpha value is -1.98. The van der Waals surface area contributed by atoms with E-state index < -0.39 is 17.5 Å². The van der Waals surface area contributed by atoms with Crippen LogP contribution in [0.2, 0.25) is 0 Å². The Morgan fingerprint density at radius 1 is 1.15 bits per heavy atom. The van der Waals surface area contributed by atoms with E-state index in [0.717, 1.165) is 37.5 Å². The molecule has 6 heteroatoms. The van der Waals surface area contributed by atoms with Crippen LogP contribution in [0.4, 0.5) is 13.2 Å². The molecular formula is C20H25F3N2O. The highest BCUT2D eigenvalue weighted by Crippen LogP contribution is 2.29. The Bertz CT molecular complexity index is 739. The summed E-state index contributed by atoms with van der Waals surface area (Å²) in [5, 5.41) is 4.39. The van der Waals surface area contributed by atoms with Gasteiger partial charge in [0, 0.05) is 12.1 Å². The van der Waals surface area contributed by atoms with Crippen LogP contribution in [0.25, 0.3) is 0 Å². The number of aromatic nitrogens is 2. The molecule has 0 atom stereocenters. The van der Waals surface area contributed by atoms with Gasteiger partial charge in [0.2, 0.25) is 11.7 Å². The first-order valence-corrected chi connectivity index (χ1v) is 9.40. The lowest BCUT2D eigenvalue weighted by molar-refractivity contribution is 0.233. The molecule has 0 saturated heterocycles. The monoisotopic (exact) mass is 366 g/mol. The zero-order chi connectivity index (χ0) is 18.5. The summed E-state index contributed by atoms with van der Waals surface area (Å²) in [5.41, 5.74) is 0.435. The van der Waals surface area contributed by atoms with E-state index in [9.17, 15) is 13.2 Å². The van der Waals surface area contributed by atoms with Crippen molar-refractivity contribution in [2.75, 3.05) is 0 Å². The van der Waals surface area contributed by atoms with Gasteiger partial charge < -0.3 is 4.74 Å². The molecule has 2 aromatic rings. The minimum Gasteiger partial charge on any atom is -0.471 e. The topological polar surface area (TPSA) is 27.1 Å². The van der Waals surface area contributed by atoms with Crippen molar-refractivity contribution in [1.29, 1.82) is 0 Å². The molecule has 0 bridgehead atoms. The molecule has 142 valence electrons. The van der Waals surface area contributed by atoms with Gasteiger partial charge >= 0.3 is 0 Å². The van der Waals surface area contributed by atoms with Crippen LogP contribution in [0, 0.1) is 23.4 Å². The number of hydrogen-bond acceptors (Lipinski definition) is 2. The second kappa shape index (κ2) is 8.60. The molecule has 1 aliphatic carbocycles. The number of halogens is 3. The van der Waals surface area contributed by atoms with Gasteiger partial charge in [-0.1, -0.05) is 32.6 Å². The lowest BCUT2D eigenvalue weighted by atomic mass is 9.89. The third-order valence-electron chi connectivity index (χ3n) is 4.93. The molecule has 0 unspecified atom stereocenters. The average Bonchev–Trinajstić information content (AvgIpc) is 2.92. The quantitative estimate of drug-likeness (QED) is 0.655. The fraction of sp³-hybridized carbons (Fsp3) is 0.550. The molecule has 0 amide bonds. The van der Waals surface area contributed by atoms with Crippen molar-refractivity contribution < 1.29 is 17.9 Å². The minimum atomic E-state index is -0.570. The van der Waals surface area contributed by atoms with Crippen molar-refractivity contribution in [3.63, 3.8) is 0 Å². The number of rotatable bonds is 7. The standard InChI is InChI=1S/C20H25F3N2O/c1-2-6-18-19(23)20(25(24-18)12-14-7-4-3-5-8-14)26-13-15-11-16(21)9-10-17(15)22/h9-11,14H,2-8,12-13H2,1H3. The summed E-state index contributed by atoms with van der Waals surface area (Å²) in [6.07, 6.45) is 7.10. The Kier molecular flexibility index (Phi) is 6.22. The third kappa shape index (κ3) is 4.40. The van der Waals surface area contributed by atoms with Crippen LogP contribution in [0.15, 0.2) is 18.2 Å². The first-order chi connectivity index (χ1) is 12.6. The summed E-state index contributed by atoms with van der Waals surface area (Å²) in [6.45, 7) is 2.33. The van der Waals surface area contributed by atoms with Gasteiger partial charge in [-0.05, 0) is 43.4 Å². The summed E-state index contributed by atoms with van der Waals surface area (Å²) >= 11 is 0. The van der Waals surface area contributed by atoms with Gasteiger partial charge in [0.05, 0.1) is 0 Å². The van der Waals surface area contributed by atoms with Crippen molar-refractivity contribution in [2.24, 2.45) is 5.92 Å². The molecule has 1 fully saturated rings. The normalized spacial score (nSPS) is 15.4. The zero-order valence-corrected chi connectivity index (χ0v) is 15.1. The number of nitrogens with zero attached hydrogens (tertiary/aromatic N) is 2. The lowest BCUT2D eigenvalue weighted by Gasteiger charge is -2.22. The van der Waals surface area contributed by atoms with Crippen LogP contribution in [0.5, 0.6) is 5.88 Å². The summed E-state index contributed by atoms with van der Waals surface area (Å²) in [7, 11) is 0. The molecule has 1 heterocycles. The molecule has 0 aliphatic heterocycles. The number of hydrogen-bond donors (Lipinski definition) is 0. The van der Waals surface area contributed by atoms with Crippen molar-refractivity contribution in [2.45, 2.75) is 65.0 Å². The highest BCUT2D eigenvalue weighted by Gasteiger charge is 2.23. The first kappa shape index (κ1) is 18.8. The molecule has 0 radical (unpaired) electrons. The smallest absolute Gasteiger partial charge is 0.249 e. The maximum Gasteiger partial charge on any atom is 0.249 e. The summed E-state index contributed by atoms with van der Waals surface area (Å²) in [5.74, 6) is -1.13. The molecule has 1 aliphatic rings.